The highest BCUT2D eigenvalue weighted by Crippen LogP contribution is 2.36. The van der Waals surface area contributed by atoms with Gasteiger partial charge in [-0.2, -0.15) is 16.9 Å². The number of hydrogen-bond acceptors (Lipinski definition) is 5. The molecule has 3 heterocycles. The van der Waals surface area contributed by atoms with E-state index in [2.05, 4.69) is 16.7 Å². The van der Waals surface area contributed by atoms with Crippen molar-refractivity contribution >= 4 is 29.4 Å². The van der Waals surface area contributed by atoms with Gasteiger partial charge in [0, 0.05) is 30.2 Å². The highest BCUT2D eigenvalue weighted by molar-refractivity contribution is 7.98. The molecule has 148 valence electrons. The summed E-state index contributed by atoms with van der Waals surface area (Å²) in [7, 11) is 0. The molecule has 0 spiro atoms. The summed E-state index contributed by atoms with van der Waals surface area (Å²) in [5.41, 5.74) is 5.08. The van der Waals surface area contributed by atoms with Crippen molar-refractivity contribution < 1.29 is 14.3 Å². The topological polar surface area (TPSA) is 85.2 Å². The van der Waals surface area contributed by atoms with E-state index in [0.29, 0.717) is 19.0 Å². The lowest BCUT2D eigenvalue weighted by Crippen LogP contribution is -2.39. The van der Waals surface area contributed by atoms with Gasteiger partial charge in [0.25, 0.3) is 0 Å². The van der Waals surface area contributed by atoms with Crippen LogP contribution in [-0.4, -0.2) is 40.9 Å². The molecule has 0 aliphatic carbocycles. The lowest BCUT2D eigenvalue weighted by molar-refractivity contribution is -0.136. The number of carbonyl (C=O) groups is 2. The summed E-state index contributed by atoms with van der Waals surface area (Å²) in [6.07, 6.45) is 1.90. The Labute approximate surface area is 168 Å². The van der Waals surface area contributed by atoms with Crippen LogP contribution in [0.3, 0.4) is 0 Å². The van der Waals surface area contributed by atoms with Crippen molar-refractivity contribution in [2.75, 3.05) is 18.5 Å². The fourth-order valence-electron chi connectivity index (χ4n) is 3.62. The molecule has 1 atom stereocenters. The summed E-state index contributed by atoms with van der Waals surface area (Å²) in [6, 6.07) is 6.09. The second-order valence-corrected chi connectivity index (χ2v) is 8.25. The number of aryl methyl sites for hydroxylation is 2. The third-order valence-corrected chi connectivity index (χ3v) is 6.06. The molecule has 28 heavy (non-hydrogen) atoms. The van der Waals surface area contributed by atoms with Crippen LogP contribution in [0.25, 0.3) is 5.69 Å². The Morgan fingerprint density at radius 1 is 1.29 bits per heavy atom. The quantitative estimate of drug-likeness (QED) is 0.770. The second-order valence-electron chi connectivity index (χ2n) is 7.27. The number of ether oxygens (including phenoxy) is 1. The molecule has 2 aliphatic rings. The molecule has 1 fully saturated rings. The minimum atomic E-state index is -0.677. The van der Waals surface area contributed by atoms with E-state index in [0.717, 1.165) is 52.4 Å². The molecule has 1 aromatic carbocycles. The van der Waals surface area contributed by atoms with Crippen molar-refractivity contribution in [3.05, 3.63) is 40.6 Å². The average Bonchev–Trinajstić information content (AvgIpc) is 3.39. The minimum Gasteiger partial charge on any atom is -0.376 e. The number of fused-ring (bicyclic) bond motifs is 1. The summed E-state index contributed by atoms with van der Waals surface area (Å²) in [5.74, 6) is 0.838. The SMILES string of the molecule is Cc1ccc(-n2nc3c(c2NC(=O)C(=O)NC[C@H]2CCCO2)CSC3)c(C)c1. The summed E-state index contributed by atoms with van der Waals surface area (Å²) in [5, 5.41) is 10.2. The van der Waals surface area contributed by atoms with Crippen LogP contribution in [-0.2, 0) is 25.8 Å². The third-order valence-electron chi connectivity index (χ3n) is 5.08. The molecule has 8 heteroatoms. The fourth-order valence-corrected chi connectivity index (χ4v) is 4.65. The molecule has 2 amide bonds. The maximum absolute atomic E-state index is 12.5. The summed E-state index contributed by atoms with van der Waals surface area (Å²) >= 11 is 1.75. The molecule has 0 saturated carbocycles. The number of rotatable bonds is 4. The molecule has 0 bridgehead atoms. The van der Waals surface area contributed by atoms with E-state index < -0.39 is 11.8 Å². The zero-order chi connectivity index (χ0) is 19.7. The van der Waals surface area contributed by atoms with Crippen LogP contribution in [0.4, 0.5) is 5.82 Å². The molecule has 2 aromatic rings. The Morgan fingerprint density at radius 3 is 2.89 bits per heavy atom. The second kappa shape index (κ2) is 7.97. The van der Waals surface area contributed by atoms with Crippen LogP contribution in [0.15, 0.2) is 18.2 Å². The zero-order valence-corrected chi connectivity index (χ0v) is 16.9. The summed E-state index contributed by atoms with van der Waals surface area (Å²) < 4.78 is 7.24. The van der Waals surface area contributed by atoms with Gasteiger partial charge in [0.05, 0.1) is 17.5 Å². The van der Waals surface area contributed by atoms with Crippen LogP contribution in [0, 0.1) is 13.8 Å². The molecule has 2 N–H and O–H groups in total. The van der Waals surface area contributed by atoms with E-state index in [-0.39, 0.29) is 6.10 Å². The van der Waals surface area contributed by atoms with Crippen molar-refractivity contribution in [1.29, 1.82) is 0 Å². The Morgan fingerprint density at radius 2 is 2.14 bits per heavy atom. The van der Waals surface area contributed by atoms with Crippen LogP contribution in [0.1, 0.15) is 35.2 Å². The predicted octanol–water partition coefficient (Wildman–Crippen LogP) is 2.47. The molecule has 2 aliphatic heterocycles. The van der Waals surface area contributed by atoms with Gasteiger partial charge in [0.2, 0.25) is 0 Å². The highest BCUT2D eigenvalue weighted by atomic mass is 32.2. The highest BCUT2D eigenvalue weighted by Gasteiger charge is 2.27. The van der Waals surface area contributed by atoms with E-state index in [9.17, 15) is 9.59 Å². The molecular weight excluding hydrogens is 376 g/mol. The van der Waals surface area contributed by atoms with E-state index in [1.165, 1.54) is 0 Å². The van der Waals surface area contributed by atoms with Crippen LogP contribution in [0.5, 0.6) is 0 Å². The summed E-state index contributed by atoms with van der Waals surface area (Å²) in [6.45, 7) is 5.13. The van der Waals surface area contributed by atoms with Gasteiger partial charge in [0.15, 0.2) is 0 Å². The van der Waals surface area contributed by atoms with Gasteiger partial charge in [-0.3, -0.25) is 9.59 Å². The normalized spacial score (nSPS) is 18.1. The van der Waals surface area contributed by atoms with E-state index in [1.807, 2.05) is 26.0 Å². The van der Waals surface area contributed by atoms with Crippen molar-refractivity contribution in [3.8, 4) is 5.69 Å². The first-order valence-electron chi connectivity index (χ1n) is 9.50. The lowest BCUT2D eigenvalue weighted by Gasteiger charge is -2.14. The Balaban J connectivity index is 1.55. The first kappa shape index (κ1) is 19.0. The fraction of sp³-hybridized carbons (Fsp3) is 0.450. The Hall–Kier alpha value is -2.32. The maximum Gasteiger partial charge on any atom is 0.314 e. The van der Waals surface area contributed by atoms with E-state index >= 15 is 0 Å². The van der Waals surface area contributed by atoms with Crippen LogP contribution >= 0.6 is 11.8 Å². The maximum atomic E-state index is 12.5. The van der Waals surface area contributed by atoms with Gasteiger partial charge < -0.3 is 15.4 Å². The number of aromatic nitrogens is 2. The smallest absolute Gasteiger partial charge is 0.314 e. The number of benzene rings is 1. The van der Waals surface area contributed by atoms with Gasteiger partial charge in [-0.15, -0.1) is 0 Å². The molecular formula is C20H24N4O3S. The number of nitrogens with one attached hydrogen (secondary N) is 2. The number of nitrogens with zero attached hydrogens (tertiary/aromatic N) is 2. The zero-order valence-electron chi connectivity index (χ0n) is 16.1. The van der Waals surface area contributed by atoms with Gasteiger partial charge >= 0.3 is 11.8 Å². The molecule has 7 nitrogen and oxygen atoms in total. The first-order valence-corrected chi connectivity index (χ1v) is 10.7. The van der Waals surface area contributed by atoms with Crippen LogP contribution in [0.2, 0.25) is 0 Å². The van der Waals surface area contributed by atoms with Crippen molar-refractivity contribution in [3.63, 3.8) is 0 Å². The molecule has 0 unspecified atom stereocenters. The molecule has 4 rings (SSSR count). The van der Waals surface area contributed by atoms with Crippen LogP contribution < -0.4 is 10.6 Å². The summed E-state index contributed by atoms with van der Waals surface area (Å²) in [4.78, 5) is 24.8. The van der Waals surface area contributed by atoms with Crippen molar-refractivity contribution in [1.82, 2.24) is 15.1 Å². The number of hydrogen-bond donors (Lipinski definition) is 2. The molecule has 1 saturated heterocycles. The van der Waals surface area contributed by atoms with Crippen molar-refractivity contribution in [2.45, 2.75) is 44.3 Å². The minimum absolute atomic E-state index is 0.00173. The standard InChI is InChI=1S/C20H24N4O3S/c1-12-5-6-17(13(2)8-12)24-18(15-10-28-11-16(15)23-24)22-20(26)19(25)21-9-14-4-3-7-27-14/h5-6,8,14H,3-4,7,9-11H2,1-2H3,(H,21,25)(H,22,26)/t14-/m1/s1. The van der Waals surface area contributed by atoms with Crippen molar-refractivity contribution in [2.24, 2.45) is 0 Å². The Kier molecular flexibility index (Phi) is 5.41. The largest absolute Gasteiger partial charge is 0.376 e. The third kappa shape index (κ3) is 3.79. The van der Waals surface area contributed by atoms with Gasteiger partial charge in [-0.1, -0.05) is 17.7 Å². The van der Waals surface area contributed by atoms with Gasteiger partial charge in [0.1, 0.15) is 5.82 Å². The lowest BCUT2D eigenvalue weighted by atomic mass is 10.1. The van der Waals surface area contributed by atoms with Gasteiger partial charge in [-0.25, -0.2) is 4.68 Å². The van der Waals surface area contributed by atoms with E-state index in [4.69, 9.17) is 9.84 Å². The molecule has 0 radical (unpaired) electrons. The average molecular weight is 401 g/mol. The van der Waals surface area contributed by atoms with E-state index in [1.54, 1.807) is 16.4 Å². The molecule has 1 aromatic heterocycles. The number of carbonyl (C=O) groups excluding carboxylic acids is 2. The number of thioether (sulfide) groups is 1. The number of amides is 2. The first-order chi connectivity index (χ1) is 13.5. The number of anilines is 1. The monoisotopic (exact) mass is 400 g/mol. The van der Waals surface area contributed by atoms with Gasteiger partial charge in [-0.05, 0) is 38.3 Å². The Bertz CT molecular complexity index is 918. The predicted molar refractivity (Wildman–Crippen MR) is 109 cm³/mol.